The minimum atomic E-state index is -3.83. The zero-order valence-corrected chi connectivity index (χ0v) is 16.2. The van der Waals surface area contributed by atoms with E-state index >= 15 is 0 Å². The predicted octanol–water partition coefficient (Wildman–Crippen LogP) is 3.18. The Hall–Kier alpha value is -3.07. The van der Waals surface area contributed by atoms with Crippen molar-refractivity contribution in [2.75, 3.05) is 17.9 Å². The smallest absolute Gasteiger partial charge is 0.262 e. The Bertz CT molecular complexity index is 1120. The minimum Gasteiger partial charge on any atom is -0.486 e. The molecule has 4 rings (SSSR count). The number of anilines is 1. The van der Waals surface area contributed by atoms with Crippen LogP contribution < -0.4 is 14.2 Å². The molecule has 0 atom stereocenters. The average Bonchev–Trinajstić information content (AvgIpc) is 3.17. The van der Waals surface area contributed by atoms with Gasteiger partial charge >= 0.3 is 0 Å². The van der Waals surface area contributed by atoms with Crippen LogP contribution in [0.3, 0.4) is 0 Å². The van der Waals surface area contributed by atoms with Gasteiger partial charge in [-0.05, 0) is 30.7 Å². The van der Waals surface area contributed by atoms with E-state index in [2.05, 4.69) is 14.9 Å². The van der Waals surface area contributed by atoms with Gasteiger partial charge in [0.2, 0.25) is 11.7 Å². The summed E-state index contributed by atoms with van der Waals surface area (Å²) in [6.07, 6.45) is 0.607. The molecule has 0 fully saturated rings. The highest BCUT2D eigenvalue weighted by Gasteiger charge is 2.21. The van der Waals surface area contributed by atoms with E-state index in [0.717, 1.165) is 0 Å². The van der Waals surface area contributed by atoms with E-state index in [1.807, 2.05) is 6.92 Å². The number of rotatable bonds is 5. The highest BCUT2D eigenvalue weighted by molar-refractivity contribution is 7.92. The van der Waals surface area contributed by atoms with Crippen molar-refractivity contribution >= 4 is 15.7 Å². The van der Waals surface area contributed by atoms with Crippen molar-refractivity contribution in [1.82, 2.24) is 10.1 Å². The van der Waals surface area contributed by atoms with E-state index in [-0.39, 0.29) is 4.90 Å². The van der Waals surface area contributed by atoms with E-state index in [9.17, 15) is 8.42 Å². The van der Waals surface area contributed by atoms with Gasteiger partial charge in [-0.3, -0.25) is 4.72 Å². The van der Waals surface area contributed by atoms with Gasteiger partial charge in [0.05, 0.1) is 10.6 Å². The molecule has 1 aliphatic rings. The fourth-order valence-electron chi connectivity index (χ4n) is 2.86. The Labute approximate surface area is 162 Å². The van der Waals surface area contributed by atoms with E-state index < -0.39 is 10.0 Å². The predicted molar refractivity (Wildman–Crippen MR) is 102 cm³/mol. The van der Waals surface area contributed by atoms with Gasteiger partial charge in [-0.25, -0.2) is 8.42 Å². The Balaban J connectivity index is 1.66. The van der Waals surface area contributed by atoms with Crippen LogP contribution in [-0.4, -0.2) is 31.8 Å². The molecule has 0 saturated heterocycles. The molecule has 2 heterocycles. The molecule has 0 radical (unpaired) electrons. The maximum atomic E-state index is 13.0. The molecule has 146 valence electrons. The maximum Gasteiger partial charge on any atom is 0.262 e. The number of nitrogens with zero attached hydrogens (tertiary/aromatic N) is 2. The van der Waals surface area contributed by atoms with Crippen molar-refractivity contribution in [2.24, 2.45) is 0 Å². The molecule has 3 aromatic rings. The molecule has 0 bridgehead atoms. The maximum absolute atomic E-state index is 13.0. The Morgan fingerprint density at radius 1 is 1.07 bits per heavy atom. The summed E-state index contributed by atoms with van der Waals surface area (Å²) >= 11 is 0. The van der Waals surface area contributed by atoms with Gasteiger partial charge in [-0.1, -0.05) is 24.2 Å². The highest BCUT2D eigenvalue weighted by atomic mass is 32.2. The summed E-state index contributed by atoms with van der Waals surface area (Å²) in [7, 11) is -3.83. The number of hydrogen-bond acceptors (Lipinski definition) is 7. The fourth-order valence-corrected chi connectivity index (χ4v) is 4.18. The van der Waals surface area contributed by atoms with Crippen LogP contribution in [-0.2, 0) is 16.4 Å². The lowest BCUT2D eigenvalue weighted by molar-refractivity contribution is 0.171. The number of fused-ring (bicyclic) bond motifs is 1. The lowest BCUT2D eigenvalue weighted by Crippen LogP contribution is -2.17. The van der Waals surface area contributed by atoms with Gasteiger partial charge in [-0.15, -0.1) is 0 Å². The number of benzene rings is 2. The quantitative estimate of drug-likeness (QED) is 0.700. The van der Waals surface area contributed by atoms with Crippen LogP contribution in [0.25, 0.3) is 11.4 Å². The normalized spacial score (nSPS) is 13.4. The van der Waals surface area contributed by atoms with Gasteiger partial charge < -0.3 is 14.0 Å². The number of ether oxygens (including phenoxy) is 2. The molecule has 9 heteroatoms. The summed E-state index contributed by atoms with van der Waals surface area (Å²) < 4.78 is 44.7. The first-order chi connectivity index (χ1) is 13.5. The van der Waals surface area contributed by atoms with E-state index in [4.69, 9.17) is 14.0 Å². The third-order valence-corrected chi connectivity index (χ3v) is 5.82. The summed E-state index contributed by atoms with van der Waals surface area (Å²) in [4.78, 5) is 4.40. The lowest BCUT2D eigenvalue weighted by atomic mass is 10.1. The molecule has 28 heavy (non-hydrogen) atoms. The number of aryl methyl sites for hydroxylation is 2. The van der Waals surface area contributed by atoms with Crippen molar-refractivity contribution in [2.45, 2.75) is 25.2 Å². The second kappa shape index (κ2) is 7.16. The highest BCUT2D eigenvalue weighted by Crippen LogP contribution is 2.34. The molecular weight excluding hydrogens is 382 g/mol. The standard InChI is InChI=1S/C19H19N3O5S/c1-3-18-20-19(21-27-18)13-5-4-12(2)17(10-13)28(23,24)22-14-6-7-15-16(11-14)26-9-8-25-15/h4-7,10-11,22H,3,8-9H2,1-2H3. The Morgan fingerprint density at radius 3 is 2.61 bits per heavy atom. The first-order valence-corrected chi connectivity index (χ1v) is 10.3. The van der Waals surface area contributed by atoms with E-state index in [1.54, 1.807) is 43.3 Å². The molecule has 0 saturated carbocycles. The van der Waals surface area contributed by atoms with Crippen molar-refractivity contribution in [3.63, 3.8) is 0 Å². The monoisotopic (exact) mass is 401 g/mol. The molecule has 0 spiro atoms. The van der Waals surface area contributed by atoms with E-state index in [1.165, 1.54) is 0 Å². The zero-order chi connectivity index (χ0) is 19.7. The summed E-state index contributed by atoms with van der Waals surface area (Å²) in [5.41, 5.74) is 1.56. The van der Waals surface area contributed by atoms with E-state index in [0.29, 0.717) is 59.7 Å². The minimum absolute atomic E-state index is 0.141. The number of hydrogen-bond donors (Lipinski definition) is 1. The van der Waals surface area contributed by atoms with Crippen LogP contribution >= 0.6 is 0 Å². The Kier molecular flexibility index (Phi) is 4.68. The zero-order valence-electron chi connectivity index (χ0n) is 15.4. The number of aromatic nitrogens is 2. The van der Waals surface area contributed by atoms with Gasteiger partial charge in [0.1, 0.15) is 13.2 Å². The summed E-state index contributed by atoms with van der Waals surface area (Å²) in [5.74, 6) is 1.95. The second-order valence-corrected chi connectivity index (χ2v) is 7.96. The first-order valence-electron chi connectivity index (χ1n) is 8.82. The molecule has 0 aliphatic carbocycles. The van der Waals surface area contributed by atoms with Crippen LogP contribution in [0.1, 0.15) is 18.4 Å². The van der Waals surface area contributed by atoms with Gasteiger partial charge in [0.15, 0.2) is 11.5 Å². The molecule has 1 aliphatic heterocycles. The third-order valence-electron chi connectivity index (χ3n) is 4.30. The summed E-state index contributed by atoms with van der Waals surface area (Å²) in [5, 5.41) is 3.91. The molecule has 1 aromatic heterocycles. The summed E-state index contributed by atoms with van der Waals surface area (Å²) in [6, 6.07) is 9.95. The molecule has 0 amide bonds. The molecular formula is C19H19N3O5S. The Morgan fingerprint density at radius 2 is 1.86 bits per heavy atom. The first kappa shape index (κ1) is 18.3. The van der Waals surface area contributed by atoms with Gasteiger partial charge in [0.25, 0.3) is 10.0 Å². The van der Waals surface area contributed by atoms with Crippen molar-refractivity contribution < 1.29 is 22.4 Å². The molecule has 0 unspecified atom stereocenters. The van der Waals surface area contributed by atoms with Crippen LogP contribution in [0.5, 0.6) is 11.5 Å². The largest absolute Gasteiger partial charge is 0.486 e. The molecule has 1 N–H and O–H groups in total. The lowest BCUT2D eigenvalue weighted by Gasteiger charge is -2.19. The van der Waals surface area contributed by atoms with Crippen LogP contribution in [0.15, 0.2) is 45.8 Å². The SMILES string of the molecule is CCc1nc(-c2ccc(C)c(S(=O)(=O)Nc3ccc4c(c3)OCCO4)c2)no1. The van der Waals surface area contributed by atoms with Gasteiger partial charge in [0, 0.05) is 18.1 Å². The number of sulfonamides is 1. The number of nitrogens with one attached hydrogen (secondary N) is 1. The second-order valence-electron chi connectivity index (χ2n) is 6.31. The third kappa shape index (κ3) is 3.53. The average molecular weight is 401 g/mol. The topological polar surface area (TPSA) is 104 Å². The van der Waals surface area contributed by atoms with Crippen molar-refractivity contribution in [3.05, 3.63) is 47.9 Å². The summed E-state index contributed by atoms with van der Waals surface area (Å²) in [6.45, 7) is 4.53. The van der Waals surface area contributed by atoms with Crippen LogP contribution in [0.2, 0.25) is 0 Å². The van der Waals surface area contributed by atoms with Crippen molar-refractivity contribution in [1.29, 1.82) is 0 Å². The van der Waals surface area contributed by atoms with Crippen LogP contribution in [0, 0.1) is 6.92 Å². The van der Waals surface area contributed by atoms with Crippen LogP contribution in [0.4, 0.5) is 5.69 Å². The fraction of sp³-hybridized carbons (Fsp3) is 0.263. The molecule has 2 aromatic carbocycles. The van der Waals surface area contributed by atoms with Gasteiger partial charge in [-0.2, -0.15) is 4.98 Å². The molecule has 8 nitrogen and oxygen atoms in total. The van der Waals surface area contributed by atoms with Crippen molar-refractivity contribution in [3.8, 4) is 22.9 Å².